The van der Waals surface area contributed by atoms with Crippen molar-refractivity contribution in [3.05, 3.63) is 29.3 Å². The first kappa shape index (κ1) is 15.7. The maximum atomic E-state index is 12.7. The highest BCUT2D eigenvalue weighted by Gasteiger charge is 2.65. The fourth-order valence-corrected chi connectivity index (χ4v) is 2.00. The maximum absolute atomic E-state index is 12.7. The largest absolute Gasteiger partial charge is 0.478 e. The zero-order valence-corrected chi connectivity index (χ0v) is 10.6. The summed E-state index contributed by atoms with van der Waals surface area (Å²) in [5.41, 5.74) is -3.41. The molecule has 19 heavy (non-hydrogen) atoms. The summed E-state index contributed by atoms with van der Waals surface area (Å²) in [4.78, 5) is 8.35. The van der Waals surface area contributed by atoms with Crippen LogP contribution in [0.2, 0.25) is 0 Å². The monoisotopic (exact) mass is 306 g/mol. The second-order valence-corrected chi connectivity index (χ2v) is 6.99. The zero-order valence-electron chi connectivity index (χ0n) is 9.83. The Kier molecular flexibility index (Phi) is 2.81. The number of hydrogen-bond acceptors (Lipinski definition) is 2. The van der Waals surface area contributed by atoms with E-state index in [2.05, 4.69) is 0 Å². The van der Waals surface area contributed by atoms with Crippen LogP contribution in [0.1, 0.15) is 29.8 Å². The molecule has 1 aromatic rings. The van der Waals surface area contributed by atoms with E-state index in [0.717, 1.165) is 19.9 Å². The highest BCUT2D eigenvalue weighted by Crippen LogP contribution is 3.02. The third-order valence-electron chi connectivity index (χ3n) is 2.31. The first-order chi connectivity index (χ1) is 8.00. The molecule has 0 heterocycles. The SMILES string of the molecule is CC(C)(O)c1cc(C(=O)O)cc(S(F)(F)(F)(F)F)c1. The van der Waals surface area contributed by atoms with E-state index in [1.165, 1.54) is 0 Å². The van der Waals surface area contributed by atoms with Crippen molar-refractivity contribution in [2.75, 3.05) is 0 Å². The minimum absolute atomic E-state index is 0.0635. The fraction of sp³-hybridized carbons (Fsp3) is 0.300. The quantitative estimate of drug-likeness (QED) is 0.820. The number of carbonyl (C=O) groups is 1. The van der Waals surface area contributed by atoms with E-state index in [0.29, 0.717) is 0 Å². The molecule has 1 rings (SSSR count). The normalized spacial score (nSPS) is 16.6. The van der Waals surface area contributed by atoms with Gasteiger partial charge in [0.1, 0.15) is 4.90 Å². The van der Waals surface area contributed by atoms with Crippen LogP contribution in [0.5, 0.6) is 0 Å². The standard InChI is InChI=1S/C10H11F5O3S/c1-10(2,18)7-3-6(9(16)17)4-8(5-7)19(11,12,13,14)15/h3-5,18H,1-2H3,(H,16,17). The van der Waals surface area contributed by atoms with Crippen LogP contribution in [0.4, 0.5) is 19.4 Å². The second kappa shape index (κ2) is 3.40. The van der Waals surface area contributed by atoms with Crippen LogP contribution < -0.4 is 0 Å². The van der Waals surface area contributed by atoms with E-state index in [1.807, 2.05) is 0 Å². The minimum atomic E-state index is -10.0. The number of carboxylic acids is 1. The average molecular weight is 306 g/mol. The number of aromatic carboxylic acids is 1. The molecule has 1 aromatic carbocycles. The number of halogens is 5. The lowest BCUT2D eigenvalue weighted by molar-refractivity contribution is 0.0692. The Bertz CT molecular complexity index is 544. The van der Waals surface area contributed by atoms with Crippen molar-refractivity contribution in [2.24, 2.45) is 0 Å². The molecule has 0 aliphatic carbocycles. The summed E-state index contributed by atoms with van der Waals surface area (Å²) in [5.74, 6) is -1.80. The van der Waals surface area contributed by atoms with Crippen molar-refractivity contribution < 1.29 is 34.4 Å². The number of carboxylic acid groups (broad SMARTS) is 1. The van der Waals surface area contributed by atoms with Crippen LogP contribution in [0.25, 0.3) is 0 Å². The first-order valence-electron chi connectivity index (χ1n) is 4.86. The average Bonchev–Trinajstić information content (AvgIpc) is 2.12. The molecule has 0 fully saturated rings. The Balaban J connectivity index is 3.71. The van der Waals surface area contributed by atoms with E-state index in [9.17, 15) is 29.3 Å². The third-order valence-corrected chi connectivity index (χ3v) is 3.43. The lowest BCUT2D eigenvalue weighted by Gasteiger charge is -2.41. The van der Waals surface area contributed by atoms with Crippen molar-refractivity contribution in [1.29, 1.82) is 0 Å². The van der Waals surface area contributed by atoms with Crippen LogP contribution in [0.3, 0.4) is 0 Å². The Hall–Kier alpha value is -1.35. The van der Waals surface area contributed by atoms with Crippen molar-refractivity contribution in [2.45, 2.75) is 24.3 Å². The molecule has 0 saturated heterocycles. The van der Waals surface area contributed by atoms with E-state index in [-0.39, 0.29) is 12.1 Å². The van der Waals surface area contributed by atoms with Gasteiger partial charge in [-0.15, -0.1) is 0 Å². The Morgan fingerprint density at radius 1 is 1.11 bits per heavy atom. The molecular formula is C10H11F5O3S. The van der Waals surface area contributed by atoms with Crippen molar-refractivity contribution in [3.63, 3.8) is 0 Å². The number of hydrogen-bond donors (Lipinski definition) is 2. The smallest absolute Gasteiger partial charge is 0.335 e. The lowest BCUT2D eigenvalue weighted by atomic mass is 9.96. The molecule has 0 aromatic heterocycles. The molecular weight excluding hydrogens is 295 g/mol. The summed E-state index contributed by atoms with van der Waals surface area (Å²) < 4.78 is 63.4. The van der Waals surface area contributed by atoms with Crippen molar-refractivity contribution in [1.82, 2.24) is 0 Å². The van der Waals surface area contributed by atoms with Crippen LogP contribution in [-0.2, 0) is 5.60 Å². The fourth-order valence-electron chi connectivity index (χ4n) is 1.30. The summed E-state index contributed by atoms with van der Waals surface area (Å²) in [7, 11) is -10.0. The molecule has 0 saturated carbocycles. The predicted octanol–water partition coefficient (Wildman–Crippen LogP) is 4.27. The molecule has 0 spiro atoms. The number of aliphatic hydroxyl groups is 1. The summed E-state index contributed by atoms with van der Waals surface area (Å²) in [6.45, 7) is 2.12. The van der Waals surface area contributed by atoms with Gasteiger partial charge in [0.2, 0.25) is 0 Å². The van der Waals surface area contributed by atoms with Crippen molar-refractivity contribution in [3.8, 4) is 0 Å². The summed E-state index contributed by atoms with van der Waals surface area (Å²) >= 11 is 0. The van der Waals surface area contributed by atoms with Gasteiger partial charge in [-0.05, 0) is 37.6 Å². The van der Waals surface area contributed by atoms with Gasteiger partial charge < -0.3 is 10.2 Å². The van der Waals surface area contributed by atoms with Gasteiger partial charge >= 0.3 is 16.2 Å². The minimum Gasteiger partial charge on any atom is -0.478 e. The van der Waals surface area contributed by atoms with Gasteiger partial charge in [0.15, 0.2) is 0 Å². The van der Waals surface area contributed by atoms with Gasteiger partial charge in [0, 0.05) is 0 Å². The highest BCUT2D eigenvalue weighted by molar-refractivity contribution is 8.45. The van der Waals surface area contributed by atoms with Gasteiger partial charge in [0.25, 0.3) is 0 Å². The van der Waals surface area contributed by atoms with Crippen LogP contribution in [0.15, 0.2) is 23.1 Å². The highest BCUT2D eigenvalue weighted by atomic mass is 32.5. The van der Waals surface area contributed by atoms with Crippen LogP contribution >= 0.6 is 10.2 Å². The van der Waals surface area contributed by atoms with E-state index in [4.69, 9.17) is 5.11 Å². The molecule has 0 aliphatic rings. The summed E-state index contributed by atoms with van der Waals surface area (Å²) in [6, 6.07) is 0.641. The Labute approximate surface area is 105 Å². The summed E-state index contributed by atoms with van der Waals surface area (Å²) in [6.07, 6.45) is 0. The molecule has 9 heteroatoms. The summed E-state index contributed by atoms with van der Waals surface area (Å²) in [5, 5.41) is 18.2. The first-order valence-corrected chi connectivity index (χ1v) is 6.81. The van der Waals surface area contributed by atoms with E-state index >= 15 is 0 Å². The van der Waals surface area contributed by atoms with Gasteiger partial charge in [-0.25, -0.2) is 4.79 Å². The van der Waals surface area contributed by atoms with Crippen molar-refractivity contribution >= 4 is 16.2 Å². The number of rotatable bonds is 3. The van der Waals surface area contributed by atoms with Crippen LogP contribution in [-0.4, -0.2) is 16.2 Å². The Morgan fingerprint density at radius 2 is 1.58 bits per heavy atom. The van der Waals surface area contributed by atoms with Gasteiger partial charge in [-0.2, -0.15) is 0 Å². The molecule has 110 valence electrons. The third kappa shape index (κ3) is 3.80. The molecule has 0 aliphatic heterocycles. The van der Waals surface area contributed by atoms with E-state index in [1.54, 1.807) is 0 Å². The molecule has 0 amide bonds. The van der Waals surface area contributed by atoms with Gasteiger partial charge in [-0.3, -0.25) is 0 Å². The topological polar surface area (TPSA) is 57.5 Å². The van der Waals surface area contributed by atoms with Crippen LogP contribution in [0, 0.1) is 0 Å². The van der Waals surface area contributed by atoms with Gasteiger partial charge in [-0.1, -0.05) is 19.4 Å². The maximum Gasteiger partial charge on any atom is 0.335 e. The molecule has 0 radical (unpaired) electrons. The van der Waals surface area contributed by atoms with Gasteiger partial charge in [0.05, 0.1) is 11.2 Å². The molecule has 0 bridgehead atoms. The second-order valence-electron chi connectivity index (χ2n) is 4.58. The zero-order chi connectivity index (χ0) is 15.3. The molecule has 0 unspecified atom stereocenters. The molecule has 2 N–H and O–H groups in total. The molecule has 3 nitrogen and oxygen atoms in total. The molecule has 0 atom stereocenters. The van der Waals surface area contributed by atoms with E-state index < -0.39 is 37.8 Å². The lowest BCUT2D eigenvalue weighted by Crippen LogP contribution is -2.18. The number of benzene rings is 1. The Morgan fingerprint density at radius 3 is 1.89 bits per heavy atom. The predicted molar refractivity (Wildman–Crippen MR) is 60.0 cm³/mol.